The number of hydrogen-bond acceptors (Lipinski definition) is 4. The van der Waals surface area contributed by atoms with Gasteiger partial charge in [0.2, 0.25) is 0 Å². The van der Waals surface area contributed by atoms with Crippen molar-refractivity contribution in [3.8, 4) is 0 Å². The van der Waals surface area contributed by atoms with Crippen LogP contribution in [0.5, 0.6) is 0 Å². The van der Waals surface area contributed by atoms with Crippen LogP contribution in [0.4, 0.5) is 0 Å². The number of likely N-dealkylation sites (N-methyl/N-ethyl adjacent to an activating group) is 1. The second-order valence-corrected chi connectivity index (χ2v) is 4.07. The molecule has 0 bridgehead atoms. The van der Waals surface area contributed by atoms with Crippen LogP contribution >= 0.6 is 0 Å². The third-order valence-electron chi connectivity index (χ3n) is 2.66. The summed E-state index contributed by atoms with van der Waals surface area (Å²) in [6, 6.07) is 0. The van der Waals surface area contributed by atoms with Crippen molar-refractivity contribution >= 4 is 11.9 Å². The summed E-state index contributed by atoms with van der Waals surface area (Å²) in [4.78, 5) is 35.5. The van der Waals surface area contributed by atoms with Crippen LogP contribution in [0.25, 0.3) is 0 Å². The molecule has 1 amide bonds. The smallest absolute Gasteiger partial charge is 0.323 e. The van der Waals surface area contributed by atoms with E-state index in [4.69, 9.17) is 5.11 Å². The second kappa shape index (κ2) is 4.99. The third kappa shape index (κ3) is 2.55. The fourth-order valence-electron chi connectivity index (χ4n) is 1.57. The van der Waals surface area contributed by atoms with E-state index in [9.17, 15) is 14.4 Å². The van der Waals surface area contributed by atoms with Gasteiger partial charge in [-0.2, -0.15) is 5.10 Å². The van der Waals surface area contributed by atoms with Crippen molar-refractivity contribution in [1.82, 2.24) is 14.7 Å². The number of carbonyl (C=O) groups excluding carboxylic acids is 1. The zero-order chi connectivity index (χ0) is 14.0. The summed E-state index contributed by atoms with van der Waals surface area (Å²) in [5.41, 5.74) is 0.471. The van der Waals surface area contributed by atoms with Gasteiger partial charge in [0.25, 0.3) is 11.5 Å². The third-order valence-corrected chi connectivity index (χ3v) is 2.66. The van der Waals surface area contributed by atoms with Crippen molar-refractivity contribution in [3.05, 3.63) is 27.2 Å². The lowest BCUT2D eigenvalue weighted by atomic mass is 10.1. The highest BCUT2D eigenvalue weighted by atomic mass is 16.4. The maximum atomic E-state index is 12.0. The number of aliphatic carboxylic acids is 1. The molecule has 7 heteroatoms. The molecule has 0 radical (unpaired) electrons. The van der Waals surface area contributed by atoms with Gasteiger partial charge in [0.15, 0.2) is 0 Å². The SMILES string of the molecule is Cc1nn(C)c(=O)c(C(=O)N(C)CC(=O)O)c1C. The Hall–Kier alpha value is -2.18. The molecule has 0 spiro atoms. The van der Waals surface area contributed by atoms with E-state index in [1.54, 1.807) is 13.8 Å². The van der Waals surface area contributed by atoms with Crippen LogP contribution < -0.4 is 5.56 Å². The highest BCUT2D eigenvalue weighted by Gasteiger charge is 2.22. The summed E-state index contributed by atoms with van der Waals surface area (Å²) in [6.45, 7) is 2.84. The highest BCUT2D eigenvalue weighted by molar-refractivity contribution is 5.96. The Bertz CT molecular complexity index is 562. The second-order valence-electron chi connectivity index (χ2n) is 4.07. The van der Waals surface area contributed by atoms with E-state index in [-0.39, 0.29) is 5.56 Å². The number of hydrogen-bond donors (Lipinski definition) is 1. The fourth-order valence-corrected chi connectivity index (χ4v) is 1.57. The first-order valence-electron chi connectivity index (χ1n) is 5.27. The van der Waals surface area contributed by atoms with E-state index < -0.39 is 24.0 Å². The van der Waals surface area contributed by atoms with Crippen LogP contribution in [0.3, 0.4) is 0 Å². The van der Waals surface area contributed by atoms with Crippen LogP contribution in [0.15, 0.2) is 4.79 Å². The molecular weight excluding hydrogens is 238 g/mol. The lowest BCUT2D eigenvalue weighted by Crippen LogP contribution is -2.38. The lowest BCUT2D eigenvalue weighted by Gasteiger charge is -2.16. The summed E-state index contributed by atoms with van der Waals surface area (Å²) >= 11 is 0. The number of aryl methyl sites for hydroxylation is 2. The van der Waals surface area contributed by atoms with Gasteiger partial charge in [0.1, 0.15) is 12.1 Å². The van der Waals surface area contributed by atoms with Gasteiger partial charge < -0.3 is 10.0 Å². The molecule has 0 aromatic carbocycles. The van der Waals surface area contributed by atoms with Gasteiger partial charge in [0.05, 0.1) is 5.69 Å². The molecule has 0 atom stereocenters. The Morgan fingerprint density at radius 1 is 1.39 bits per heavy atom. The average Bonchev–Trinajstić information content (AvgIpc) is 2.25. The van der Waals surface area contributed by atoms with Gasteiger partial charge in [-0.3, -0.25) is 14.4 Å². The quantitative estimate of drug-likeness (QED) is 0.787. The fraction of sp³-hybridized carbons (Fsp3) is 0.455. The Labute approximate surface area is 104 Å². The topological polar surface area (TPSA) is 92.5 Å². The Morgan fingerprint density at radius 2 is 1.94 bits per heavy atom. The monoisotopic (exact) mass is 253 g/mol. The van der Waals surface area contributed by atoms with Crippen LogP contribution in [-0.2, 0) is 11.8 Å². The van der Waals surface area contributed by atoms with Crippen LogP contribution in [0.1, 0.15) is 21.6 Å². The van der Waals surface area contributed by atoms with Crippen LogP contribution in [-0.4, -0.2) is 45.3 Å². The molecule has 0 aliphatic carbocycles. The number of carboxylic acids is 1. The molecule has 1 aromatic heterocycles. The van der Waals surface area contributed by atoms with E-state index in [2.05, 4.69) is 5.10 Å². The van der Waals surface area contributed by atoms with E-state index >= 15 is 0 Å². The Balaban J connectivity index is 3.29. The minimum Gasteiger partial charge on any atom is -0.480 e. The Kier molecular flexibility index (Phi) is 3.85. The normalized spacial score (nSPS) is 10.2. The molecule has 1 N–H and O–H groups in total. The molecule has 0 unspecified atom stereocenters. The van der Waals surface area contributed by atoms with E-state index in [0.717, 1.165) is 9.58 Å². The highest BCUT2D eigenvalue weighted by Crippen LogP contribution is 2.08. The van der Waals surface area contributed by atoms with Gasteiger partial charge in [0, 0.05) is 14.1 Å². The number of carbonyl (C=O) groups is 2. The molecule has 0 saturated carbocycles. The first kappa shape index (κ1) is 13.9. The van der Waals surface area contributed by atoms with Gasteiger partial charge in [-0.05, 0) is 19.4 Å². The molecule has 1 aromatic rings. The zero-order valence-electron chi connectivity index (χ0n) is 10.7. The van der Waals surface area contributed by atoms with Gasteiger partial charge >= 0.3 is 5.97 Å². The number of rotatable bonds is 3. The molecule has 7 nitrogen and oxygen atoms in total. The molecule has 1 heterocycles. The zero-order valence-corrected chi connectivity index (χ0v) is 10.7. The molecular formula is C11H15N3O4. The number of amides is 1. The number of nitrogens with zero attached hydrogens (tertiary/aromatic N) is 3. The summed E-state index contributed by atoms with van der Waals surface area (Å²) < 4.78 is 1.07. The van der Waals surface area contributed by atoms with Crippen molar-refractivity contribution in [1.29, 1.82) is 0 Å². The predicted molar refractivity (Wildman–Crippen MR) is 63.5 cm³/mol. The molecule has 0 aliphatic rings. The minimum atomic E-state index is -1.13. The molecule has 18 heavy (non-hydrogen) atoms. The average molecular weight is 253 g/mol. The van der Waals surface area contributed by atoms with Crippen molar-refractivity contribution < 1.29 is 14.7 Å². The molecule has 98 valence electrons. The van der Waals surface area contributed by atoms with Crippen molar-refractivity contribution in [2.75, 3.05) is 13.6 Å². The van der Waals surface area contributed by atoms with Gasteiger partial charge in [-0.25, -0.2) is 4.68 Å². The van der Waals surface area contributed by atoms with Crippen molar-refractivity contribution in [2.24, 2.45) is 7.05 Å². The first-order chi connectivity index (χ1) is 8.25. The minimum absolute atomic E-state index is 0.0336. The molecule has 0 fully saturated rings. The summed E-state index contributed by atoms with van der Waals surface area (Å²) in [6.07, 6.45) is 0. The summed E-state index contributed by atoms with van der Waals surface area (Å²) in [5.74, 6) is -1.74. The van der Waals surface area contributed by atoms with E-state index in [1.807, 2.05) is 0 Å². The van der Waals surface area contributed by atoms with Gasteiger partial charge in [-0.1, -0.05) is 0 Å². The summed E-state index contributed by atoms with van der Waals surface area (Å²) in [7, 11) is 2.79. The maximum Gasteiger partial charge on any atom is 0.323 e. The lowest BCUT2D eigenvalue weighted by molar-refractivity contribution is -0.137. The summed E-state index contributed by atoms with van der Waals surface area (Å²) in [5, 5.41) is 12.6. The van der Waals surface area contributed by atoms with Crippen molar-refractivity contribution in [3.63, 3.8) is 0 Å². The standard InChI is InChI=1S/C11H15N3O4/c1-6-7(2)12-14(4)11(18)9(6)10(17)13(3)5-8(15)16/h5H2,1-4H3,(H,15,16). The van der Waals surface area contributed by atoms with E-state index in [0.29, 0.717) is 11.3 Å². The van der Waals surface area contributed by atoms with Crippen LogP contribution in [0.2, 0.25) is 0 Å². The largest absolute Gasteiger partial charge is 0.480 e. The maximum absolute atomic E-state index is 12.0. The van der Waals surface area contributed by atoms with Gasteiger partial charge in [-0.15, -0.1) is 0 Å². The molecule has 0 aliphatic heterocycles. The van der Waals surface area contributed by atoms with Crippen LogP contribution in [0, 0.1) is 13.8 Å². The Morgan fingerprint density at radius 3 is 2.44 bits per heavy atom. The molecule has 1 rings (SSSR count). The first-order valence-corrected chi connectivity index (χ1v) is 5.27. The number of carboxylic acid groups (broad SMARTS) is 1. The van der Waals surface area contributed by atoms with Crippen molar-refractivity contribution in [2.45, 2.75) is 13.8 Å². The number of aromatic nitrogens is 2. The van der Waals surface area contributed by atoms with E-state index in [1.165, 1.54) is 14.1 Å². The molecule has 0 saturated heterocycles. The predicted octanol–water partition coefficient (Wildman–Crippen LogP) is -0.446.